The van der Waals surface area contributed by atoms with Gasteiger partial charge in [-0.3, -0.25) is 9.10 Å². The molecule has 1 aliphatic heterocycles. The lowest BCUT2D eigenvalue weighted by Gasteiger charge is -2.38. The van der Waals surface area contributed by atoms with Gasteiger partial charge in [0.25, 0.3) is 10.0 Å². The van der Waals surface area contributed by atoms with Crippen LogP contribution in [0.3, 0.4) is 0 Å². The number of sulfonamides is 1. The van der Waals surface area contributed by atoms with Crippen molar-refractivity contribution < 1.29 is 27.4 Å². The summed E-state index contributed by atoms with van der Waals surface area (Å²) in [6, 6.07) is 19.8. The summed E-state index contributed by atoms with van der Waals surface area (Å²) in [4.78, 5) is 13.5. The van der Waals surface area contributed by atoms with E-state index in [1.165, 1.54) is 12.1 Å². The average Bonchev–Trinajstić information content (AvgIpc) is 2.87. The molecule has 3 aromatic rings. The maximum absolute atomic E-state index is 13.6. The first kappa shape index (κ1) is 26.3. The van der Waals surface area contributed by atoms with Crippen molar-refractivity contribution in [3.05, 3.63) is 78.4 Å². The third kappa shape index (κ3) is 5.99. The molecule has 196 valence electrons. The molecule has 4 rings (SSSR count). The molecule has 37 heavy (non-hydrogen) atoms. The summed E-state index contributed by atoms with van der Waals surface area (Å²) in [5.74, 6) is 1.46. The summed E-state index contributed by atoms with van der Waals surface area (Å²) >= 11 is 0. The maximum atomic E-state index is 13.6. The molecule has 0 saturated heterocycles. The van der Waals surface area contributed by atoms with E-state index in [0.29, 0.717) is 36.0 Å². The Bertz CT molecular complexity index is 1340. The fraction of sp³-hybridized carbons (Fsp3) is 0.321. The summed E-state index contributed by atoms with van der Waals surface area (Å²) in [6.45, 7) is 5.86. The molecule has 1 aliphatic rings. The van der Waals surface area contributed by atoms with E-state index >= 15 is 0 Å². The van der Waals surface area contributed by atoms with E-state index in [1.54, 1.807) is 55.6 Å². The van der Waals surface area contributed by atoms with Gasteiger partial charge < -0.3 is 19.5 Å². The van der Waals surface area contributed by atoms with Crippen molar-refractivity contribution in [2.75, 3.05) is 24.6 Å². The van der Waals surface area contributed by atoms with Gasteiger partial charge in [0.1, 0.15) is 29.4 Å². The molecule has 8 nitrogen and oxygen atoms in total. The molecule has 0 fully saturated rings. The smallest absolute Gasteiger partial charge is 0.264 e. The maximum Gasteiger partial charge on any atom is 0.264 e. The highest BCUT2D eigenvalue weighted by molar-refractivity contribution is 7.92. The molecule has 0 spiro atoms. The molecule has 0 aromatic heterocycles. The highest BCUT2D eigenvalue weighted by Crippen LogP contribution is 2.41. The predicted molar refractivity (Wildman–Crippen MR) is 142 cm³/mol. The van der Waals surface area contributed by atoms with Crippen LogP contribution in [0.1, 0.15) is 38.8 Å². The zero-order valence-electron chi connectivity index (χ0n) is 21.4. The molecule has 0 radical (unpaired) electrons. The lowest BCUT2D eigenvalue weighted by molar-refractivity contribution is -0.120. The van der Waals surface area contributed by atoms with E-state index in [0.717, 1.165) is 9.87 Å². The van der Waals surface area contributed by atoms with Crippen LogP contribution in [0, 0.1) is 0 Å². The lowest BCUT2D eigenvalue weighted by atomic mass is 9.89. The Hall–Kier alpha value is -3.72. The van der Waals surface area contributed by atoms with Gasteiger partial charge in [-0.1, -0.05) is 18.2 Å². The molecule has 0 bridgehead atoms. The van der Waals surface area contributed by atoms with E-state index in [4.69, 9.17) is 14.2 Å². The van der Waals surface area contributed by atoms with Crippen LogP contribution < -0.4 is 23.8 Å². The van der Waals surface area contributed by atoms with Crippen molar-refractivity contribution in [1.82, 2.24) is 5.32 Å². The van der Waals surface area contributed by atoms with Gasteiger partial charge in [0.15, 0.2) is 0 Å². The van der Waals surface area contributed by atoms with Crippen LogP contribution in [0.4, 0.5) is 5.69 Å². The molecule has 9 heteroatoms. The molecule has 3 aromatic carbocycles. The number of nitrogens with one attached hydrogen (secondary N) is 1. The molecule has 0 saturated carbocycles. The van der Waals surface area contributed by atoms with Gasteiger partial charge >= 0.3 is 0 Å². The number of hydrogen-bond acceptors (Lipinski definition) is 6. The van der Waals surface area contributed by atoms with Crippen molar-refractivity contribution in [3.8, 4) is 17.2 Å². The third-order valence-corrected chi connectivity index (χ3v) is 7.86. The van der Waals surface area contributed by atoms with E-state index < -0.39 is 28.1 Å². The highest BCUT2D eigenvalue weighted by atomic mass is 32.2. The van der Waals surface area contributed by atoms with Crippen molar-refractivity contribution in [2.45, 2.75) is 43.7 Å². The second-order valence-corrected chi connectivity index (χ2v) is 11.2. The normalized spacial score (nSPS) is 16.2. The van der Waals surface area contributed by atoms with E-state index in [1.807, 2.05) is 32.9 Å². The molecule has 1 heterocycles. The Labute approximate surface area is 218 Å². The Kier molecular flexibility index (Phi) is 7.63. The van der Waals surface area contributed by atoms with E-state index in [-0.39, 0.29) is 10.9 Å². The van der Waals surface area contributed by atoms with Gasteiger partial charge in [-0.15, -0.1) is 0 Å². The highest BCUT2D eigenvalue weighted by Gasteiger charge is 2.36. The number of benzene rings is 3. The molecular weight excluding hydrogens is 492 g/mol. The quantitative estimate of drug-likeness (QED) is 0.436. The number of hydrogen-bond donors (Lipinski definition) is 1. The van der Waals surface area contributed by atoms with Gasteiger partial charge in [0.2, 0.25) is 5.91 Å². The molecule has 1 N–H and O–H groups in total. The summed E-state index contributed by atoms with van der Waals surface area (Å²) in [5, 5.41) is 3.03. The van der Waals surface area contributed by atoms with Crippen molar-refractivity contribution in [3.63, 3.8) is 0 Å². The lowest BCUT2D eigenvalue weighted by Crippen LogP contribution is -2.45. The summed E-state index contributed by atoms with van der Waals surface area (Å²) in [6.07, 6.45) is 0.520. The number of nitrogens with zero attached hydrogens (tertiary/aromatic N) is 1. The first-order valence-corrected chi connectivity index (χ1v) is 13.5. The van der Waals surface area contributed by atoms with Gasteiger partial charge in [0.05, 0.1) is 30.3 Å². The molecule has 1 amide bonds. The Morgan fingerprint density at radius 1 is 1.05 bits per heavy atom. The predicted octanol–water partition coefficient (Wildman–Crippen LogP) is 4.71. The largest absolute Gasteiger partial charge is 0.497 e. The summed E-state index contributed by atoms with van der Waals surface area (Å²) < 4.78 is 45.3. The minimum absolute atomic E-state index is 0.0984. The summed E-state index contributed by atoms with van der Waals surface area (Å²) in [7, 11) is -2.44. The van der Waals surface area contributed by atoms with Crippen LogP contribution in [0.25, 0.3) is 0 Å². The zero-order chi connectivity index (χ0) is 26.6. The topological polar surface area (TPSA) is 94.2 Å². The molecule has 1 atom stereocenters. The second kappa shape index (κ2) is 10.7. The number of rotatable bonds is 9. The number of carbonyl (C=O) groups is 1. The van der Waals surface area contributed by atoms with Crippen molar-refractivity contribution in [2.24, 2.45) is 0 Å². The fourth-order valence-electron chi connectivity index (χ4n) is 4.37. The van der Waals surface area contributed by atoms with Gasteiger partial charge in [-0.25, -0.2) is 8.42 Å². The molecular formula is C28H32N2O6S. The first-order valence-electron chi connectivity index (χ1n) is 12.1. The Morgan fingerprint density at radius 2 is 1.73 bits per heavy atom. The fourth-order valence-corrected chi connectivity index (χ4v) is 5.81. The molecule has 0 aliphatic carbocycles. The average molecular weight is 525 g/mol. The van der Waals surface area contributed by atoms with E-state index in [9.17, 15) is 13.2 Å². The number of methoxy groups -OCH3 is 1. The van der Waals surface area contributed by atoms with Crippen LogP contribution >= 0.6 is 0 Å². The van der Waals surface area contributed by atoms with Crippen LogP contribution in [0.5, 0.6) is 17.2 Å². The van der Waals surface area contributed by atoms with Crippen molar-refractivity contribution in [1.29, 1.82) is 0 Å². The van der Waals surface area contributed by atoms with Crippen LogP contribution in [0.15, 0.2) is 77.7 Å². The van der Waals surface area contributed by atoms with Gasteiger partial charge in [-0.2, -0.15) is 0 Å². The number of amides is 1. The Balaban J connectivity index is 1.63. The van der Waals surface area contributed by atoms with Crippen LogP contribution in [0.2, 0.25) is 0 Å². The Morgan fingerprint density at radius 3 is 2.38 bits per heavy atom. The van der Waals surface area contributed by atoms with Gasteiger partial charge in [0, 0.05) is 18.1 Å². The SMILES string of the molecule is CCOc1ccc(N(CC(=O)NC2CC(C)(C)Oc3cc(OC)ccc32)S(=O)(=O)c2ccccc2)cc1. The van der Waals surface area contributed by atoms with Crippen molar-refractivity contribution >= 4 is 21.6 Å². The minimum Gasteiger partial charge on any atom is -0.497 e. The monoisotopic (exact) mass is 524 g/mol. The van der Waals surface area contributed by atoms with Gasteiger partial charge in [-0.05, 0) is 69.3 Å². The number of fused-ring (bicyclic) bond motifs is 1. The minimum atomic E-state index is -4.02. The number of ether oxygens (including phenoxy) is 3. The van der Waals surface area contributed by atoms with Crippen LogP contribution in [-0.4, -0.2) is 40.2 Å². The number of anilines is 1. The van der Waals surface area contributed by atoms with Crippen LogP contribution in [-0.2, 0) is 14.8 Å². The standard InChI is InChI=1S/C28H32N2O6S/c1-5-35-21-13-11-20(12-14-21)30(37(32,33)23-9-7-6-8-10-23)19-27(31)29-25-18-28(2,3)36-26-17-22(34-4)15-16-24(25)26/h6-17,25H,5,18-19H2,1-4H3,(H,29,31). The first-order chi connectivity index (χ1) is 17.6. The number of carbonyl (C=O) groups excluding carboxylic acids is 1. The third-order valence-electron chi connectivity index (χ3n) is 6.07. The molecule has 1 unspecified atom stereocenters. The second-order valence-electron chi connectivity index (χ2n) is 9.34. The summed E-state index contributed by atoms with van der Waals surface area (Å²) in [5.41, 5.74) is 0.634. The van der Waals surface area contributed by atoms with E-state index in [2.05, 4.69) is 5.32 Å². The zero-order valence-corrected chi connectivity index (χ0v) is 22.2.